The molecule has 0 heterocycles. The van der Waals surface area contributed by atoms with E-state index in [9.17, 15) is 13.0 Å². The van der Waals surface area contributed by atoms with Crippen LogP contribution in [0.4, 0.5) is 0 Å². The third-order valence-corrected chi connectivity index (χ3v) is 3.65. The molecule has 0 aliphatic heterocycles. The highest BCUT2D eigenvalue weighted by Crippen LogP contribution is 2.28. The lowest BCUT2D eigenvalue weighted by atomic mass is 10.0. The molecule has 0 saturated heterocycles. The van der Waals surface area contributed by atoms with Crippen molar-refractivity contribution in [3.8, 4) is 11.1 Å². The van der Waals surface area contributed by atoms with E-state index in [1.807, 2.05) is 38.1 Å². The van der Waals surface area contributed by atoms with Gasteiger partial charge in [0.2, 0.25) is 0 Å². The van der Waals surface area contributed by atoms with Crippen LogP contribution in [-0.2, 0) is 10.1 Å². The average molecular weight is 262 g/mol. The third kappa shape index (κ3) is 2.60. The van der Waals surface area contributed by atoms with Gasteiger partial charge in [-0.3, -0.25) is 4.55 Å². The molecular formula is C14H14O3S. The summed E-state index contributed by atoms with van der Waals surface area (Å²) in [6.07, 6.45) is 0. The fraction of sp³-hybridized carbons (Fsp3) is 0.143. The lowest BCUT2D eigenvalue weighted by Gasteiger charge is -2.09. The highest BCUT2D eigenvalue weighted by Gasteiger charge is 2.16. The summed E-state index contributed by atoms with van der Waals surface area (Å²) in [6.45, 7) is 3.82. The minimum absolute atomic E-state index is 0.0568. The molecule has 0 aliphatic rings. The van der Waals surface area contributed by atoms with Crippen LogP contribution in [-0.4, -0.2) is 13.0 Å². The molecule has 0 aliphatic carbocycles. The summed E-state index contributed by atoms with van der Waals surface area (Å²) in [6, 6.07) is 12.4. The summed E-state index contributed by atoms with van der Waals surface area (Å²) >= 11 is 0. The monoisotopic (exact) mass is 262 g/mol. The Morgan fingerprint density at radius 2 is 1.61 bits per heavy atom. The molecule has 18 heavy (non-hydrogen) atoms. The topological polar surface area (TPSA) is 54.4 Å². The summed E-state index contributed by atoms with van der Waals surface area (Å²) in [4.78, 5) is -0.0568. The maximum atomic E-state index is 11.4. The molecule has 4 heteroatoms. The first kappa shape index (κ1) is 12.8. The number of benzene rings is 2. The molecule has 0 spiro atoms. The number of hydrogen-bond acceptors (Lipinski definition) is 2. The molecule has 0 unspecified atom stereocenters. The van der Waals surface area contributed by atoms with E-state index in [1.54, 1.807) is 12.1 Å². The molecule has 0 radical (unpaired) electrons. The van der Waals surface area contributed by atoms with Crippen LogP contribution in [0, 0.1) is 13.8 Å². The van der Waals surface area contributed by atoms with Gasteiger partial charge in [0.1, 0.15) is 4.90 Å². The van der Waals surface area contributed by atoms with E-state index in [2.05, 4.69) is 0 Å². The van der Waals surface area contributed by atoms with E-state index >= 15 is 0 Å². The third-order valence-electron chi connectivity index (χ3n) is 2.74. The van der Waals surface area contributed by atoms with Crippen LogP contribution in [0.2, 0.25) is 0 Å². The molecular weight excluding hydrogens is 248 g/mol. The van der Waals surface area contributed by atoms with Gasteiger partial charge >= 0.3 is 0 Å². The zero-order chi connectivity index (χ0) is 13.3. The minimum atomic E-state index is -4.21. The van der Waals surface area contributed by atoms with E-state index in [0.29, 0.717) is 5.56 Å². The van der Waals surface area contributed by atoms with Gasteiger partial charge in [0, 0.05) is 5.56 Å². The van der Waals surface area contributed by atoms with E-state index < -0.39 is 10.1 Å². The van der Waals surface area contributed by atoms with Crippen molar-refractivity contribution in [2.24, 2.45) is 0 Å². The first-order valence-electron chi connectivity index (χ1n) is 5.53. The molecule has 3 nitrogen and oxygen atoms in total. The molecule has 2 aromatic carbocycles. The normalized spacial score (nSPS) is 11.5. The smallest absolute Gasteiger partial charge is 0.282 e. The van der Waals surface area contributed by atoms with Gasteiger partial charge in [0.05, 0.1) is 0 Å². The molecule has 0 fully saturated rings. The zero-order valence-electron chi connectivity index (χ0n) is 10.2. The predicted molar refractivity (Wildman–Crippen MR) is 71.2 cm³/mol. The highest BCUT2D eigenvalue weighted by molar-refractivity contribution is 7.86. The first-order chi connectivity index (χ1) is 8.38. The Hall–Kier alpha value is -1.65. The van der Waals surface area contributed by atoms with Crippen molar-refractivity contribution in [2.75, 3.05) is 0 Å². The Labute approximate surface area is 107 Å². The molecule has 0 saturated carbocycles. The van der Waals surface area contributed by atoms with E-state index in [-0.39, 0.29) is 4.90 Å². The maximum absolute atomic E-state index is 11.4. The van der Waals surface area contributed by atoms with Gasteiger partial charge in [0.25, 0.3) is 10.1 Å². The van der Waals surface area contributed by atoms with Crippen LogP contribution in [0.1, 0.15) is 11.1 Å². The standard InChI is InChI=1S/C14H14O3S/c1-10-4-3-5-12(8-10)13-9-11(2)6-7-14(13)18(15,16)17/h3-9H,1-2H3,(H,15,16,17). The average Bonchev–Trinajstić information content (AvgIpc) is 2.27. The van der Waals surface area contributed by atoms with Gasteiger partial charge in [-0.1, -0.05) is 47.5 Å². The van der Waals surface area contributed by atoms with Crippen molar-refractivity contribution in [3.63, 3.8) is 0 Å². The van der Waals surface area contributed by atoms with Crippen molar-refractivity contribution < 1.29 is 13.0 Å². The summed E-state index contributed by atoms with van der Waals surface area (Å²) in [5, 5.41) is 0. The largest absolute Gasteiger partial charge is 0.295 e. The Kier molecular flexibility index (Phi) is 3.24. The van der Waals surface area contributed by atoms with E-state index in [4.69, 9.17) is 0 Å². The lowest BCUT2D eigenvalue weighted by molar-refractivity contribution is 0.483. The van der Waals surface area contributed by atoms with Gasteiger partial charge in [-0.05, 0) is 25.5 Å². The van der Waals surface area contributed by atoms with Gasteiger partial charge in [-0.15, -0.1) is 0 Å². The van der Waals surface area contributed by atoms with Gasteiger partial charge < -0.3 is 0 Å². The van der Waals surface area contributed by atoms with Crippen LogP contribution in [0.5, 0.6) is 0 Å². The molecule has 94 valence electrons. The quantitative estimate of drug-likeness (QED) is 0.845. The fourth-order valence-corrected chi connectivity index (χ4v) is 2.60. The summed E-state index contributed by atoms with van der Waals surface area (Å²) in [7, 11) is -4.21. The molecule has 2 rings (SSSR count). The van der Waals surface area contributed by atoms with Crippen molar-refractivity contribution in [2.45, 2.75) is 18.7 Å². The van der Waals surface area contributed by atoms with Gasteiger partial charge in [-0.25, -0.2) is 0 Å². The van der Waals surface area contributed by atoms with Gasteiger partial charge in [-0.2, -0.15) is 8.42 Å². The Morgan fingerprint density at radius 3 is 2.22 bits per heavy atom. The van der Waals surface area contributed by atoms with Crippen molar-refractivity contribution >= 4 is 10.1 Å². The van der Waals surface area contributed by atoms with E-state index in [1.165, 1.54) is 6.07 Å². The van der Waals surface area contributed by atoms with Crippen molar-refractivity contribution in [1.82, 2.24) is 0 Å². The minimum Gasteiger partial charge on any atom is -0.282 e. The molecule has 2 aromatic rings. The number of rotatable bonds is 2. The van der Waals surface area contributed by atoms with Crippen molar-refractivity contribution in [1.29, 1.82) is 0 Å². The number of aryl methyl sites for hydroxylation is 2. The molecule has 0 amide bonds. The molecule has 0 bridgehead atoms. The second kappa shape index (κ2) is 4.55. The van der Waals surface area contributed by atoms with Gasteiger partial charge in [0.15, 0.2) is 0 Å². The Balaban J connectivity index is 2.74. The predicted octanol–water partition coefficient (Wildman–Crippen LogP) is 3.22. The highest BCUT2D eigenvalue weighted by atomic mass is 32.2. The van der Waals surface area contributed by atoms with Crippen LogP contribution >= 0.6 is 0 Å². The number of hydrogen-bond donors (Lipinski definition) is 1. The summed E-state index contributed by atoms with van der Waals surface area (Å²) in [5.74, 6) is 0. The molecule has 1 N–H and O–H groups in total. The Bertz CT molecular complexity index is 688. The Morgan fingerprint density at radius 1 is 0.944 bits per heavy atom. The van der Waals surface area contributed by atoms with Crippen molar-refractivity contribution in [3.05, 3.63) is 53.6 Å². The summed E-state index contributed by atoms with van der Waals surface area (Å²) in [5.41, 5.74) is 3.29. The lowest BCUT2D eigenvalue weighted by Crippen LogP contribution is -2.01. The van der Waals surface area contributed by atoms with Crippen LogP contribution in [0.15, 0.2) is 47.4 Å². The first-order valence-corrected chi connectivity index (χ1v) is 6.97. The second-order valence-corrected chi connectivity index (χ2v) is 5.73. The van der Waals surface area contributed by atoms with Crippen LogP contribution in [0.3, 0.4) is 0 Å². The molecule has 0 aromatic heterocycles. The van der Waals surface area contributed by atoms with Crippen LogP contribution in [0.25, 0.3) is 11.1 Å². The summed E-state index contributed by atoms with van der Waals surface area (Å²) < 4.78 is 32.0. The fourth-order valence-electron chi connectivity index (χ4n) is 1.91. The maximum Gasteiger partial charge on any atom is 0.295 e. The zero-order valence-corrected chi connectivity index (χ0v) is 11.0. The molecule has 0 atom stereocenters. The van der Waals surface area contributed by atoms with Crippen LogP contribution < -0.4 is 0 Å². The SMILES string of the molecule is Cc1cccc(-c2cc(C)ccc2S(=O)(=O)O)c1. The van der Waals surface area contributed by atoms with E-state index in [0.717, 1.165) is 16.7 Å². The second-order valence-electron chi connectivity index (χ2n) is 4.34.